The number of anilines is 2. The summed E-state index contributed by atoms with van der Waals surface area (Å²) >= 11 is 0. The summed E-state index contributed by atoms with van der Waals surface area (Å²) in [7, 11) is 0. The summed E-state index contributed by atoms with van der Waals surface area (Å²) in [5.41, 5.74) is -1.49. The number of alkyl halides is 6. The fourth-order valence-corrected chi connectivity index (χ4v) is 2.08. The number of carbonyl (C=O) groups excluding carboxylic acids is 3. The van der Waals surface area contributed by atoms with Crippen molar-refractivity contribution >= 4 is 29.2 Å². The van der Waals surface area contributed by atoms with Gasteiger partial charge >= 0.3 is 24.2 Å². The Morgan fingerprint density at radius 1 is 0.833 bits per heavy atom. The summed E-state index contributed by atoms with van der Waals surface area (Å²) in [6.07, 6.45) is -9.68. The van der Waals surface area contributed by atoms with Crippen molar-refractivity contribution in [1.29, 1.82) is 0 Å². The average molecular weight is 434 g/mol. The average Bonchev–Trinajstić information content (AvgIpc) is 2.65. The molecule has 0 bridgehead atoms. The second-order valence-electron chi connectivity index (χ2n) is 5.73. The molecule has 0 aromatic heterocycles. The van der Waals surface area contributed by atoms with Crippen LogP contribution in [-0.4, -0.2) is 30.6 Å². The van der Waals surface area contributed by atoms with Crippen molar-refractivity contribution in [3.05, 3.63) is 59.7 Å². The highest BCUT2D eigenvalue weighted by molar-refractivity contribution is 5.97. The molecule has 0 atom stereocenters. The Bertz CT molecular complexity index is 939. The van der Waals surface area contributed by atoms with Gasteiger partial charge in [-0.15, -0.1) is 0 Å². The Kier molecular flexibility index (Phi) is 6.70. The third kappa shape index (κ3) is 6.50. The van der Waals surface area contributed by atoms with Crippen molar-refractivity contribution in [2.45, 2.75) is 12.4 Å². The molecule has 0 spiro atoms. The van der Waals surface area contributed by atoms with Gasteiger partial charge in [0.2, 0.25) is 0 Å². The van der Waals surface area contributed by atoms with Crippen LogP contribution in [0.3, 0.4) is 0 Å². The molecule has 0 heterocycles. The monoisotopic (exact) mass is 434 g/mol. The van der Waals surface area contributed by atoms with E-state index >= 15 is 0 Å². The highest BCUT2D eigenvalue weighted by Gasteiger charge is 2.38. The third-order valence-electron chi connectivity index (χ3n) is 3.44. The van der Waals surface area contributed by atoms with Crippen LogP contribution in [0.2, 0.25) is 0 Å². The van der Waals surface area contributed by atoms with E-state index in [-0.39, 0.29) is 16.9 Å². The topological polar surface area (TPSA) is 84.5 Å². The van der Waals surface area contributed by atoms with E-state index in [1.54, 1.807) is 5.32 Å². The first kappa shape index (κ1) is 22.7. The van der Waals surface area contributed by atoms with Gasteiger partial charge in [0, 0.05) is 11.4 Å². The van der Waals surface area contributed by atoms with Crippen LogP contribution in [0.15, 0.2) is 48.5 Å². The molecule has 30 heavy (non-hydrogen) atoms. The molecule has 0 aliphatic carbocycles. The van der Waals surface area contributed by atoms with Gasteiger partial charge in [-0.2, -0.15) is 26.3 Å². The van der Waals surface area contributed by atoms with Gasteiger partial charge in [-0.3, -0.25) is 9.59 Å². The molecular formula is C18H12F6N2O4. The Morgan fingerprint density at radius 3 is 2.03 bits per heavy atom. The summed E-state index contributed by atoms with van der Waals surface area (Å²) in [6.45, 7) is -0.818. The van der Waals surface area contributed by atoms with Gasteiger partial charge < -0.3 is 15.4 Å². The van der Waals surface area contributed by atoms with Crippen LogP contribution < -0.4 is 10.6 Å². The van der Waals surface area contributed by atoms with Crippen LogP contribution in [-0.2, 0) is 20.5 Å². The number of hydrogen-bond donors (Lipinski definition) is 2. The molecule has 0 unspecified atom stereocenters. The summed E-state index contributed by atoms with van der Waals surface area (Å²) in [5, 5.41) is 3.72. The van der Waals surface area contributed by atoms with Gasteiger partial charge in [0.15, 0.2) is 6.61 Å². The van der Waals surface area contributed by atoms with Crippen molar-refractivity contribution in [2.24, 2.45) is 0 Å². The maximum atomic E-state index is 12.6. The number of benzene rings is 2. The van der Waals surface area contributed by atoms with Gasteiger partial charge in [-0.25, -0.2) is 4.79 Å². The number of carbonyl (C=O) groups is 3. The molecule has 2 aromatic carbocycles. The summed E-state index contributed by atoms with van der Waals surface area (Å²) in [5.74, 6) is -4.11. The minimum atomic E-state index is -5.08. The second-order valence-corrected chi connectivity index (χ2v) is 5.73. The quantitative estimate of drug-likeness (QED) is 0.551. The van der Waals surface area contributed by atoms with E-state index in [1.165, 1.54) is 6.07 Å². The number of esters is 1. The maximum absolute atomic E-state index is 12.6. The van der Waals surface area contributed by atoms with Crippen LogP contribution in [0.25, 0.3) is 0 Å². The lowest BCUT2D eigenvalue weighted by molar-refractivity contribution is -0.167. The van der Waals surface area contributed by atoms with Crippen molar-refractivity contribution in [3.8, 4) is 0 Å². The van der Waals surface area contributed by atoms with Crippen LogP contribution in [0.5, 0.6) is 0 Å². The number of rotatable bonds is 5. The number of halogens is 6. The Morgan fingerprint density at radius 2 is 1.47 bits per heavy atom. The Labute approximate surface area is 164 Å². The fraction of sp³-hybridized carbons (Fsp3) is 0.167. The minimum Gasteiger partial charge on any atom is -0.452 e. The normalized spacial score (nSPS) is 11.5. The van der Waals surface area contributed by atoms with Gasteiger partial charge in [0.25, 0.3) is 5.91 Å². The molecule has 160 valence electrons. The molecule has 2 rings (SSSR count). The standard InChI is InChI=1S/C18H12F6N2O4/c19-17(20,21)11-2-1-3-13(8-11)25-14(27)9-30-15(28)10-4-6-12(7-5-10)26-16(29)18(22,23)24/h1-8H,9H2,(H,25,27)(H,26,29). The predicted molar refractivity (Wildman–Crippen MR) is 91.5 cm³/mol. The molecular weight excluding hydrogens is 422 g/mol. The predicted octanol–water partition coefficient (Wildman–Crippen LogP) is 4.00. The lowest BCUT2D eigenvalue weighted by Gasteiger charge is -2.10. The van der Waals surface area contributed by atoms with E-state index in [4.69, 9.17) is 4.74 Å². The van der Waals surface area contributed by atoms with Crippen LogP contribution in [0.4, 0.5) is 37.7 Å². The zero-order valence-corrected chi connectivity index (χ0v) is 14.7. The van der Waals surface area contributed by atoms with Gasteiger partial charge in [0.05, 0.1) is 11.1 Å². The van der Waals surface area contributed by atoms with Crippen molar-refractivity contribution in [3.63, 3.8) is 0 Å². The fourth-order valence-electron chi connectivity index (χ4n) is 2.08. The molecule has 0 radical (unpaired) electrons. The Balaban J connectivity index is 1.89. The van der Waals surface area contributed by atoms with E-state index in [9.17, 15) is 40.7 Å². The SMILES string of the molecule is O=C(COC(=O)c1ccc(NC(=O)C(F)(F)F)cc1)Nc1cccc(C(F)(F)F)c1. The first-order chi connectivity index (χ1) is 13.9. The molecule has 2 aromatic rings. The molecule has 6 nitrogen and oxygen atoms in total. The largest absolute Gasteiger partial charge is 0.471 e. The molecule has 0 aliphatic heterocycles. The molecule has 2 amide bonds. The van der Waals surface area contributed by atoms with E-state index in [0.717, 1.165) is 36.4 Å². The Hall–Kier alpha value is -3.57. The maximum Gasteiger partial charge on any atom is 0.471 e. The summed E-state index contributed by atoms with van der Waals surface area (Å²) in [4.78, 5) is 34.4. The molecule has 2 N–H and O–H groups in total. The van der Waals surface area contributed by atoms with E-state index < -0.39 is 42.3 Å². The third-order valence-corrected chi connectivity index (χ3v) is 3.44. The van der Waals surface area contributed by atoms with E-state index in [0.29, 0.717) is 6.07 Å². The lowest BCUT2D eigenvalue weighted by Crippen LogP contribution is -2.29. The summed E-state index contributed by atoms with van der Waals surface area (Å²) in [6, 6.07) is 7.96. The highest BCUT2D eigenvalue weighted by atomic mass is 19.4. The van der Waals surface area contributed by atoms with Crippen molar-refractivity contribution in [2.75, 3.05) is 17.2 Å². The minimum absolute atomic E-state index is 0.133. The van der Waals surface area contributed by atoms with Gasteiger partial charge in [0.1, 0.15) is 0 Å². The van der Waals surface area contributed by atoms with Crippen molar-refractivity contribution in [1.82, 2.24) is 0 Å². The first-order valence-electron chi connectivity index (χ1n) is 7.99. The molecule has 0 saturated heterocycles. The van der Waals surface area contributed by atoms with Crippen LogP contribution >= 0.6 is 0 Å². The zero-order valence-electron chi connectivity index (χ0n) is 14.7. The van der Waals surface area contributed by atoms with Gasteiger partial charge in [-0.05, 0) is 42.5 Å². The number of nitrogens with one attached hydrogen (secondary N) is 2. The van der Waals surface area contributed by atoms with E-state index in [2.05, 4.69) is 5.32 Å². The smallest absolute Gasteiger partial charge is 0.452 e. The number of ether oxygens (including phenoxy) is 1. The first-order valence-corrected chi connectivity index (χ1v) is 7.99. The lowest BCUT2D eigenvalue weighted by atomic mass is 10.2. The number of amides is 2. The number of hydrogen-bond acceptors (Lipinski definition) is 4. The summed E-state index contributed by atoms with van der Waals surface area (Å²) < 4.78 is 79.1. The molecule has 0 saturated carbocycles. The van der Waals surface area contributed by atoms with E-state index in [1.807, 2.05) is 0 Å². The second kappa shape index (κ2) is 8.84. The van der Waals surface area contributed by atoms with Crippen molar-refractivity contribution < 1.29 is 45.5 Å². The molecule has 0 fully saturated rings. The van der Waals surface area contributed by atoms with Gasteiger partial charge in [-0.1, -0.05) is 6.07 Å². The molecule has 0 aliphatic rings. The van der Waals surface area contributed by atoms with Crippen LogP contribution in [0, 0.1) is 0 Å². The van der Waals surface area contributed by atoms with Crippen LogP contribution in [0.1, 0.15) is 15.9 Å². The highest BCUT2D eigenvalue weighted by Crippen LogP contribution is 2.30. The molecule has 12 heteroatoms. The zero-order chi connectivity index (χ0) is 22.5.